The van der Waals surface area contributed by atoms with Crippen LogP contribution in [0.2, 0.25) is 0 Å². The largest absolute Gasteiger partial charge is 0.286 e. The molecule has 12 nitrogen and oxygen atoms in total. The Kier molecular flexibility index (Phi) is 6.88. The van der Waals surface area contributed by atoms with E-state index in [-0.39, 0.29) is 24.4 Å². The Morgan fingerprint density at radius 1 is 0.275 bits per heavy atom. The van der Waals surface area contributed by atoms with Crippen LogP contribution >= 0.6 is 0 Å². The zero-order valence-electron chi connectivity index (χ0n) is 23.7. The van der Waals surface area contributed by atoms with E-state index in [0.29, 0.717) is 72.5 Å². The molecule has 16 unspecified atom stereocenters. The molecule has 9 fully saturated rings. The van der Waals surface area contributed by atoms with Crippen molar-refractivity contribution >= 4 is 0 Å². The Morgan fingerprint density at radius 3 is 0.775 bits per heavy atom. The van der Waals surface area contributed by atoms with Crippen molar-refractivity contribution in [3.8, 4) is 0 Å². The van der Waals surface area contributed by atoms with Crippen molar-refractivity contribution in [1.29, 1.82) is 0 Å². The Hall–Kier alpha value is -0.480. The lowest BCUT2D eigenvalue weighted by Crippen LogP contribution is -2.73. The van der Waals surface area contributed by atoms with Gasteiger partial charge in [0.15, 0.2) is 0 Å². The molecule has 6 saturated heterocycles. The molecule has 0 aromatic heterocycles. The molecule has 0 amide bonds. The minimum Gasteiger partial charge on any atom is -0.286 e. The van der Waals surface area contributed by atoms with Crippen LogP contribution in [0.5, 0.6) is 0 Å². The van der Waals surface area contributed by atoms with E-state index >= 15 is 0 Å². The van der Waals surface area contributed by atoms with Gasteiger partial charge in [-0.05, 0) is 74.0 Å². The van der Waals surface area contributed by atoms with Crippen LogP contribution in [0.1, 0.15) is 77.0 Å². The number of nitrogens with one attached hydrogen (secondary N) is 12. The molecule has 9 aliphatic rings. The molecule has 9 rings (SSSR count). The Labute approximate surface area is 238 Å². The third kappa shape index (κ3) is 4.33. The molecule has 16 atom stereocenters. The van der Waals surface area contributed by atoms with Crippen molar-refractivity contribution in [2.75, 3.05) is 0 Å². The SMILES string of the molecule is C1CCC2C3NC(NC4NC(NC5NC(NC6NC(N3)C3CCCCC63)C3NNNNC53)C3CCCCC43)C2C1. The summed E-state index contributed by atoms with van der Waals surface area (Å²) in [6.45, 7) is 0. The average Bonchev–Trinajstić information content (AvgIpc) is 3.73. The fraction of sp³-hybridized carbons (Fsp3) is 1.00. The molecule has 0 spiro atoms. The summed E-state index contributed by atoms with van der Waals surface area (Å²) in [7, 11) is 0. The van der Waals surface area contributed by atoms with Gasteiger partial charge < -0.3 is 0 Å². The van der Waals surface area contributed by atoms with Crippen LogP contribution in [-0.4, -0.2) is 61.4 Å². The van der Waals surface area contributed by atoms with Crippen LogP contribution in [0.25, 0.3) is 0 Å². The molecule has 0 radical (unpaired) electrons. The highest BCUT2D eigenvalue weighted by molar-refractivity contribution is 5.10. The van der Waals surface area contributed by atoms with Crippen molar-refractivity contribution in [3.05, 3.63) is 0 Å². The van der Waals surface area contributed by atoms with Crippen molar-refractivity contribution in [2.24, 2.45) is 35.5 Å². The summed E-state index contributed by atoms with van der Waals surface area (Å²) in [4.78, 5) is 0. The molecular formula is C28H52N12. The van der Waals surface area contributed by atoms with E-state index in [0.717, 1.165) is 0 Å². The second-order valence-corrected chi connectivity index (χ2v) is 14.6. The van der Waals surface area contributed by atoms with Gasteiger partial charge in [0.1, 0.15) is 0 Å². The van der Waals surface area contributed by atoms with Crippen LogP contribution in [0.4, 0.5) is 0 Å². The van der Waals surface area contributed by atoms with Gasteiger partial charge in [0.25, 0.3) is 0 Å². The number of hydrazine groups is 3. The van der Waals surface area contributed by atoms with E-state index in [2.05, 4.69) is 64.5 Å². The van der Waals surface area contributed by atoms with E-state index in [1.54, 1.807) is 0 Å². The van der Waals surface area contributed by atoms with Gasteiger partial charge in [0, 0.05) is 0 Å². The maximum absolute atomic E-state index is 4.21. The minimum absolute atomic E-state index is 0.144. The first-order chi connectivity index (χ1) is 19.8. The van der Waals surface area contributed by atoms with Gasteiger partial charge in [0.2, 0.25) is 0 Å². The fourth-order valence-corrected chi connectivity index (χ4v) is 10.9. The van der Waals surface area contributed by atoms with Gasteiger partial charge in [-0.3, -0.25) is 42.5 Å². The van der Waals surface area contributed by atoms with E-state index in [1.807, 2.05) is 0 Å². The van der Waals surface area contributed by atoms with Crippen LogP contribution in [0, 0.1) is 35.5 Å². The van der Waals surface area contributed by atoms with E-state index < -0.39 is 0 Å². The van der Waals surface area contributed by atoms with Gasteiger partial charge >= 0.3 is 0 Å². The molecule has 3 saturated carbocycles. The van der Waals surface area contributed by atoms with E-state index in [1.165, 1.54) is 77.0 Å². The minimum atomic E-state index is 0.144. The Balaban J connectivity index is 1.05. The third-order valence-electron chi connectivity index (χ3n) is 12.7. The zero-order chi connectivity index (χ0) is 26.2. The van der Waals surface area contributed by atoms with Gasteiger partial charge in [-0.1, -0.05) is 38.5 Å². The first kappa shape index (κ1) is 26.0. The first-order valence-electron chi connectivity index (χ1n) is 16.9. The number of rotatable bonds is 0. The molecule has 0 aromatic rings. The van der Waals surface area contributed by atoms with Gasteiger partial charge in [-0.2, -0.15) is 11.1 Å². The molecule has 6 aliphatic heterocycles. The molecule has 6 heterocycles. The predicted octanol–water partition coefficient (Wildman–Crippen LogP) is -1.35. The van der Waals surface area contributed by atoms with Crippen molar-refractivity contribution in [3.63, 3.8) is 0 Å². The zero-order valence-corrected chi connectivity index (χ0v) is 23.7. The molecule has 8 bridgehead atoms. The number of fused-ring (bicyclic) bond motifs is 20. The Bertz CT molecular complexity index is 716. The van der Waals surface area contributed by atoms with Crippen LogP contribution < -0.4 is 64.5 Å². The van der Waals surface area contributed by atoms with Crippen LogP contribution in [-0.2, 0) is 0 Å². The molecule has 224 valence electrons. The lowest BCUT2D eigenvalue weighted by atomic mass is 9.77. The molecule has 12 N–H and O–H groups in total. The molecule has 40 heavy (non-hydrogen) atoms. The molecule has 3 aliphatic carbocycles. The highest BCUT2D eigenvalue weighted by Gasteiger charge is 2.54. The standard InChI is InChI=1S/C28H52N12/c1-2-8-14-13(7-1)21-29-22(14)31-24-16-10-4-6-12-18(16)26(33-24)35-28-20-19(37-39-40-38-20)27(36-28)34-25-17-11-5-3-9-15(17)23(30-21)32-25/h13-40H,1-12H2. The van der Waals surface area contributed by atoms with Gasteiger partial charge in [-0.25, -0.2) is 10.9 Å². The third-order valence-corrected chi connectivity index (χ3v) is 12.7. The van der Waals surface area contributed by atoms with Crippen molar-refractivity contribution in [2.45, 2.75) is 138 Å². The van der Waals surface area contributed by atoms with E-state index in [4.69, 9.17) is 0 Å². The van der Waals surface area contributed by atoms with Crippen molar-refractivity contribution in [1.82, 2.24) is 64.5 Å². The maximum Gasteiger partial charge on any atom is 0.0785 e. The smallest absolute Gasteiger partial charge is 0.0785 e. The highest BCUT2D eigenvalue weighted by Crippen LogP contribution is 2.43. The highest BCUT2D eigenvalue weighted by atomic mass is 15.8. The number of hydrogen-bond donors (Lipinski definition) is 12. The predicted molar refractivity (Wildman–Crippen MR) is 152 cm³/mol. The fourth-order valence-electron chi connectivity index (χ4n) is 10.9. The molecule has 0 aromatic carbocycles. The average molecular weight is 557 g/mol. The summed E-state index contributed by atoms with van der Waals surface area (Å²) in [5.41, 5.74) is 13.3. The quantitative estimate of drug-likeness (QED) is 0.172. The van der Waals surface area contributed by atoms with E-state index in [9.17, 15) is 0 Å². The molecule has 12 heteroatoms. The summed E-state index contributed by atoms with van der Waals surface area (Å²) < 4.78 is 0. The normalized spacial score (nSPS) is 57.6. The summed E-state index contributed by atoms with van der Waals surface area (Å²) in [6.07, 6.45) is 18.5. The first-order valence-corrected chi connectivity index (χ1v) is 16.9. The van der Waals surface area contributed by atoms with Crippen LogP contribution in [0.3, 0.4) is 0 Å². The van der Waals surface area contributed by atoms with Gasteiger partial charge in [-0.15, -0.1) is 0 Å². The summed E-state index contributed by atoms with van der Waals surface area (Å²) in [5.74, 6) is 4.11. The topological polar surface area (TPSA) is 144 Å². The summed E-state index contributed by atoms with van der Waals surface area (Å²) in [6, 6.07) is 0.423. The Morgan fingerprint density at radius 2 is 0.500 bits per heavy atom. The van der Waals surface area contributed by atoms with Crippen molar-refractivity contribution < 1.29 is 0 Å². The maximum atomic E-state index is 4.21. The van der Waals surface area contributed by atoms with Crippen LogP contribution in [0.15, 0.2) is 0 Å². The summed E-state index contributed by atoms with van der Waals surface area (Å²) >= 11 is 0. The van der Waals surface area contributed by atoms with Gasteiger partial charge in [0.05, 0.1) is 61.4 Å². The monoisotopic (exact) mass is 556 g/mol. The second-order valence-electron chi connectivity index (χ2n) is 14.6. The summed E-state index contributed by atoms with van der Waals surface area (Å²) in [5, 5.41) is 32.9. The molecular weight excluding hydrogens is 504 g/mol. The lowest BCUT2D eigenvalue weighted by Gasteiger charge is -2.36. The lowest BCUT2D eigenvalue weighted by molar-refractivity contribution is 0.159. The number of hydrogen-bond acceptors (Lipinski definition) is 12. The second kappa shape index (κ2) is 10.6.